The Morgan fingerprint density at radius 3 is 2.74 bits per heavy atom. The van der Waals surface area contributed by atoms with Gasteiger partial charge in [0.2, 0.25) is 0 Å². The van der Waals surface area contributed by atoms with E-state index in [1.54, 1.807) is 0 Å². The molecule has 0 spiro atoms. The van der Waals surface area contributed by atoms with Crippen molar-refractivity contribution in [3.63, 3.8) is 0 Å². The highest BCUT2D eigenvalue weighted by Gasteiger charge is 2.17. The summed E-state index contributed by atoms with van der Waals surface area (Å²) in [5.41, 5.74) is 7.68. The van der Waals surface area contributed by atoms with Gasteiger partial charge in [0, 0.05) is 30.7 Å². The van der Waals surface area contributed by atoms with Gasteiger partial charge in [0.25, 0.3) is 0 Å². The molecule has 0 saturated carbocycles. The molecule has 1 aliphatic heterocycles. The summed E-state index contributed by atoms with van der Waals surface area (Å²) in [6.07, 6.45) is 6.32. The molecule has 1 aliphatic rings. The van der Waals surface area contributed by atoms with Crippen molar-refractivity contribution in [3.05, 3.63) is 54.0 Å². The molecule has 0 radical (unpaired) electrons. The number of rotatable bonds is 2. The van der Waals surface area contributed by atoms with Crippen LogP contribution in [-0.2, 0) is 7.05 Å². The minimum Gasteiger partial charge on any atom is -0.317 e. The Labute approximate surface area is 158 Å². The van der Waals surface area contributed by atoms with Crippen molar-refractivity contribution in [2.45, 2.75) is 25.7 Å². The SMILES string of the molecule is Cc1cc(-c2ccc3nc(C4CCNCC4)cnc3c2)cc2cn(C)nc12. The molecule has 2 aromatic heterocycles. The van der Waals surface area contributed by atoms with E-state index in [4.69, 9.17) is 9.97 Å². The predicted octanol–water partition coefficient (Wildman–Crippen LogP) is 3.96. The van der Waals surface area contributed by atoms with Gasteiger partial charge in [0.05, 0.1) is 22.2 Å². The van der Waals surface area contributed by atoms with Gasteiger partial charge in [-0.2, -0.15) is 5.10 Å². The largest absolute Gasteiger partial charge is 0.317 e. The van der Waals surface area contributed by atoms with Crippen LogP contribution in [0.3, 0.4) is 0 Å². The van der Waals surface area contributed by atoms with E-state index in [-0.39, 0.29) is 0 Å². The Morgan fingerprint density at radius 2 is 1.89 bits per heavy atom. The summed E-state index contributed by atoms with van der Waals surface area (Å²) < 4.78 is 1.87. The van der Waals surface area contributed by atoms with Crippen LogP contribution in [0, 0.1) is 6.92 Å². The highest BCUT2D eigenvalue weighted by molar-refractivity contribution is 5.89. The van der Waals surface area contributed by atoms with E-state index in [1.807, 2.05) is 17.9 Å². The Hall–Kier alpha value is -2.79. The van der Waals surface area contributed by atoms with Crippen LogP contribution in [0.1, 0.15) is 30.0 Å². The van der Waals surface area contributed by atoms with Gasteiger partial charge in [0.15, 0.2) is 0 Å². The molecule has 0 atom stereocenters. The van der Waals surface area contributed by atoms with Gasteiger partial charge in [-0.3, -0.25) is 9.67 Å². The maximum absolute atomic E-state index is 4.90. The van der Waals surface area contributed by atoms with Crippen LogP contribution >= 0.6 is 0 Å². The number of aromatic nitrogens is 4. The molecule has 5 nitrogen and oxygen atoms in total. The molecule has 2 aromatic carbocycles. The second kappa shape index (κ2) is 6.43. The van der Waals surface area contributed by atoms with Crippen molar-refractivity contribution >= 4 is 21.9 Å². The monoisotopic (exact) mass is 357 g/mol. The number of fused-ring (bicyclic) bond motifs is 2. The lowest BCUT2D eigenvalue weighted by atomic mass is 9.95. The van der Waals surface area contributed by atoms with Gasteiger partial charge in [-0.05, 0) is 73.8 Å². The number of nitrogens with one attached hydrogen (secondary N) is 1. The Bertz CT molecular complexity index is 1140. The summed E-state index contributed by atoms with van der Waals surface area (Å²) in [5, 5.41) is 9.12. The first-order valence-corrected chi connectivity index (χ1v) is 9.59. The zero-order valence-corrected chi connectivity index (χ0v) is 15.7. The van der Waals surface area contributed by atoms with Gasteiger partial charge in [-0.15, -0.1) is 0 Å². The smallest absolute Gasteiger partial charge is 0.0952 e. The number of aryl methyl sites for hydroxylation is 2. The Balaban J connectivity index is 1.54. The number of hydrogen-bond acceptors (Lipinski definition) is 4. The topological polar surface area (TPSA) is 55.6 Å². The minimum absolute atomic E-state index is 0.526. The third-order valence-corrected chi connectivity index (χ3v) is 5.57. The zero-order valence-electron chi connectivity index (χ0n) is 15.7. The van der Waals surface area contributed by atoms with Crippen molar-refractivity contribution in [2.24, 2.45) is 7.05 Å². The van der Waals surface area contributed by atoms with Gasteiger partial charge < -0.3 is 5.32 Å². The fourth-order valence-corrected chi connectivity index (χ4v) is 4.12. The van der Waals surface area contributed by atoms with E-state index in [9.17, 15) is 0 Å². The average Bonchev–Trinajstić information content (AvgIpc) is 3.09. The fourth-order valence-electron chi connectivity index (χ4n) is 4.12. The third kappa shape index (κ3) is 2.98. The van der Waals surface area contributed by atoms with Crippen LogP contribution in [0.25, 0.3) is 33.1 Å². The molecular formula is C22H23N5. The van der Waals surface area contributed by atoms with Crippen LogP contribution in [0.4, 0.5) is 0 Å². The molecule has 0 bridgehead atoms. The molecular weight excluding hydrogens is 334 g/mol. The lowest BCUT2D eigenvalue weighted by Crippen LogP contribution is -2.27. The first-order chi connectivity index (χ1) is 13.2. The maximum Gasteiger partial charge on any atom is 0.0952 e. The number of piperidine rings is 1. The lowest BCUT2D eigenvalue weighted by molar-refractivity contribution is 0.453. The minimum atomic E-state index is 0.526. The summed E-state index contributed by atoms with van der Waals surface area (Å²) >= 11 is 0. The van der Waals surface area contributed by atoms with Crippen molar-refractivity contribution in [2.75, 3.05) is 13.1 Å². The fraction of sp³-hybridized carbons (Fsp3) is 0.318. The predicted molar refractivity (Wildman–Crippen MR) is 109 cm³/mol. The summed E-state index contributed by atoms with van der Waals surface area (Å²) in [4.78, 5) is 9.63. The lowest BCUT2D eigenvalue weighted by Gasteiger charge is -2.21. The van der Waals surface area contributed by atoms with Gasteiger partial charge in [0.1, 0.15) is 0 Å². The molecule has 1 N–H and O–H groups in total. The second-order valence-electron chi connectivity index (χ2n) is 7.56. The third-order valence-electron chi connectivity index (χ3n) is 5.57. The van der Waals surface area contributed by atoms with Crippen LogP contribution in [0.15, 0.2) is 42.7 Å². The molecule has 136 valence electrons. The molecule has 5 rings (SSSR count). The molecule has 1 fully saturated rings. The quantitative estimate of drug-likeness (QED) is 0.590. The molecule has 4 aromatic rings. The van der Waals surface area contributed by atoms with E-state index < -0.39 is 0 Å². The van der Waals surface area contributed by atoms with Crippen molar-refractivity contribution in [1.29, 1.82) is 0 Å². The van der Waals surface area contributed by atoms with Crippen LogP contribution in [0.2, 0.25) is 0 Å². The molecule has 0 aliphatic carbocycles. The number of nitrogens with zero attached hydrogens (tertiary/aromatic N) is 4. The van der Waals surface area contributed by atoms with E-state index in [0.717, 1.165) is 48.2 Å². The molecule has 1 saturated heterocycles. The first-order valence-electron chi connectivity index (χ1n) is 9.59. The standard InChI is InChI=1S/C22H23N5/c1-14-9-17(10-18-13-27(2)26-22(14)18)16-3-4-19-20(11-16)24-12-21(25-19)15-5-7-23-8-6-15/h3-4,9-13,15,23H,5-8H2,1-2H3. The van der Waals surface area contributed by atoms with Crippen molar-refractivity contribution < 1.29 is 0 Å². The molecule has 3 heterocycles. The molecule has 5 heteroatoms. The summed E-state index contributed by atoms with van der Waals surface area (Å²) in [7, 11) is 1.96. The highest BCUT2D eigenvalue weighted by atomic mass is 15.2. The number of benzene rings is 2. The van der Waals surface area contributed by atoms with E-state index >= 15 is 0 Å². The normalized spacial score (nSPS) is 15.6. The maximum atomic E-state index is 4.90. The highest BCUT2D eigenvalue weighted by Crippen LogP contribution is 2.29. The summed E-state index contributed by atoms with van der Waals surface area (Å²) in [6.45, 7) is 4.25. The molecule has 0 amide bonds. The molecule has 0 unspecified atom stereocenters. The Morgan fingerprint density at radius 1 is 1.04 bits per heavy atom. The molecule has 27 heavy (non-hydrogen) atoms. The van der Waals surface area contributed by atoms with Crippen molar-refractivity contribution in [3.8, 4) is 11.1 Å². The zero-order chi connectivity index (χ0) is 18.4. The second-order valence-corrected chi connectivity index (χ2v) is 7.56. The summed E-state index contributed by atoms with van der Waals surface area (Å²) in [5.74, 6) is 0.526. The number of hydrogen-bond donors (Lipinski definition) is 1. The average molecular weight is 357 g/mol. The van der Waals surface area contributed by atoms with Gasteiger partial charge in [-0.1, -0.05) is 6.07 Å². The van der Waals surface area contributed by atoms with Crippen molar-refractivity contribution in [1.82, 2.24) is 25.1 Å². The van der Waals surface area contributed by atoms with E-state index in [2.05, 4.69) is 53.9 Å². The summed E-state index contributed by atoms with van der Waals surface area (Å²) in [6, 6.07) is 10.8. The Kier molecular flexibility index (Phi) is 3.90. The first kappa shape index (κ1) is 16.4. The van der Waals surface area contributed by atoms with Gasteiger partial charge in [-0.25, -0.2) is 4.98 Å². The van der Waals surface area contributed by atoms with Crippen LogP contribution in [-0.4, -0.2) is 32.8 Å². The van der Waals surface area contributed by atoms with Crippen LogP contribution < -0.4 is 5.32 Å². The van der Waals surface area contributed by atoms with E-state index in [1.165, 1.54) is 22.1 Å². The van der Waals surface area contributed by atoms with Crippen LogP contribution in [0.5, 0.6) is 0 Å². The van der Waals surface area contributed by atoms with E-state index in [0.29, 0.717) is 5.92 Å². The van der Waals surface area contributed by atoms with Gasteiger partial charge >= 0.3 is 0 Å².